The zero-order valence-corrected chi connectivity index (χ0v) is 8.14. The van der Waals surface area contributed by atoms with Crippen LogP contribution in [0.4, 0.5) is 0 Å². The van der Waals surface area contributed by atoms with Crippen molar-refractivity contribution in [3.8, 4) is 11.5 Å². The number of ether oxygens (including phenoxy) is 2. The van der Waals surface area contributed by atoms with Crippen molar-refractivity contribution in [2.75, 3.05) is 13.0 Å². The average Bonchev–Trinajstić information content (AvgIpc) is 2.61. The maximum atomic E-state index is 5.26. The van der Waals surface area contributed by atoms with Crippen molar-refractivity contribution in [2.24, 2.45) is 0 Å². The lowest BCUT2D eigenvalue weighted by molar-refractivity contribution is 0.174. The lowest BCUT2D eigenvalue weighted by Crippen LogP contribution is -1.92. The van der Waals surface area contributed by atoms with E-state index in [0.29, 0.717) is 6.79 Å². The van der Waals surface area contributed by atoms with Crippen LogP contribution in [0.25, 0.3) is 6.08 Å². The van der Waals surface area contributed by atoms with E-state index in [4.69, 9.17) is 9.47 Å². The largest absolute Gasteiger partial charge is 0.454 e. The Labute approximate surface area is 81.5 Å². The molecule has 0 spiro atoms. The lowest BCUT2D eigenvalue weighted by Gasteiger charge is -1.96. The van der Waals surface area contributed by atoms with Crippen LogP contribution in [0, 0.1) is 0 Å². The van der Waals surface area contributed by atoms with E-state index in [1.54, 1.807) is 11.8 Å². The molecule has 0 bridgehead atoms. The number of thioether (sulfide) groups is 1. The van der Waals surface area contributed by atoms with Crippen LogP contribution in [0.3, 0.4) is 0 Å². The molecular formula is C10H10O2S. The van der Waals surface area contributed by atoms with E-state index in [9.17, 15) is 0 Å². The lowest BCUT2D eigenvalue weighted by atomic mass is 10.2. The third-order valence-electron chi connectivity index (χ3n) is 1.79. The fourth-order valence-corrected chi connectivity index (χ4v) is 1.46. The van der Waals surface area contributed by atoms with Crippen LogP contribution in [0.2, 0.25) is 0 Å². The van der Waals surface area contributed by atoms with E-state index in [1.807, 2.05) is 35.9 Å². The van der Waals surface area contributed by atoms with Gasteiger partial charge in [0.1, 0.15) is 0 Å². The minimum Gasteiger partial charge on any atom is -0.454 e. The molecule has 2 rings (SSSR count). The third kappa shape index (κ3) is 1.80. The Kier molecular flexibility index (Phi) is 2.45. The number of hydrogen-bond donors (Lipinski definition) is 0. The maximum absolute atomic E-state index is 5.26. The van der Waals surface area contributed by atoms with Gasteiger partial charge in [-0.3, -0.25) is 0 Å². The van der Waals surface area contributed by atoms with Gasteiger partial charge in [0.05, 0.1) is 0 Å². The summed E-state index contributed by atoms with van der Waals surface area (Å²) in [7, 11) is 0. The fourth-order valence-electron chi connectivity index (χ4n) is 1.16. The summed E-state index contributed by atoms with van der Waals surface area (Å²) in [5.41, 5.74) is 1.14. The Morgan fingerprint density at radius 3 is 3.00 bits per heavy atom. The predicted octanol–water partition coefficient (Wildman–Crippen LogP) is 2.75. The van der Waals surface area contributed by atoms with Gasteiger partial charge < -0.3 is 9.47 Å². The van der Waals surface area contributed by atoms with Crippen molar-refractivity contribution in [2.45, 2.75) is 0 Å². The van der Waals surface area contributed by atoms with Crippen LogP contribution in [0.5, 0.6) is 11.5 Å². The van der Waals surface area contributed by atoms with Crippen LogP contribution < -0.4 is 9.47 Å². The number of benzene rings is 1. The second kappa shape index (κ2) is 3.75. The highest BCUT2D eigenvalue weighted by atomic mass is 32.2. The molecule has 1 aromatic carbocycles. The van der Waals surface area contributed by atoms with Crippen molar-refractivity contribution in [3.63, 3.8) is 0 Å². The molecule has 0 aromatic heterocycles. The summed E-state index contributed by atoms with van der Waals surface area (Å²) in [5, 5.41) is 2.04. The summed E-state index contributed by atoms with van der Waals surface area (Å²) >= 11 is 1.68. The monoisotopic (exact) mass is 194 g/mol. The Balaban J connectivity index is 2.25. The number of fused-ring (bicyclic) bond motifs is 1. The molecule has 0 atom stereocenters. The minimum atomic E-state index is 0.338. The first kappa shape index (κ1) is 8.51. The second-order valence-electron chi connectivity index (χ2n) is 2.65. The van der Waals surface area contributed by atoms with E-state index in [0.717, 1.165) is 17.1 Å². The Bertz CT molecular complexity index is 334. The van der Waals surface area contributed by atoms with Gasteiger partial charge in [0.25, 0.3) is 0 Å². The van der Waals surface area contributed by atoms with Crippen molar-refractivity contribution in [3.05, 3.63) is 29.2 Å². The molecule has 68 valence electrons. The van der Waals surface area contributed by atoms with Gasteiger partial charge in [-0.05, 0) is 35.4 Å². The first-order chi connectivity index (χ1) is 6.40. The summed E-state index contributed by atoms with van der Waals surface area (Å²) < 4.78 is 10.5. The van der Waals surface area contributed by atoms with E-state index in [2.05, 4.69) is 0 Å². The van der Waals surface area contributed by atoms with E-state index in [1.165, 1.54) is 0 Å². The normalized spacial score (nSPS) is 13.9. The van der Waals surface area contributed by atoms with Crippen LogP contribution in [-0.4, -0.2) is 13.0 Å². The third-order valence-corrected chi connectivity index (χ3v) is 2.20. The van der Waals surface area contributed by atoms with Gasteiger partial charge in [0.15, 0.2) is 11.5 Å². The Hall–Kier alpha value is -1.09. The van der Waals surface area contributed by atoms with Crippen molar-refractivity contribution < 1.29 is 9.47 Å². The highest BCUT2D eigenvalue weighted by Gasteiger charge is 2.11. The van der Waals surface area contributed by atoms with Gasteiger partial charge in [-0.25, -0.2) is 0 Å². The topological polar surface area (TPSA) is 18.5 Å². The standard InChI is InChI=1S/C10H10O2S/c1-13-5-4-8-2-3-9-10(6-8)12-7-11-9/h2-6H,7H2,1H3. The zero-order valence-electron chi connectivity index (χ0n) is 7.32. The summed E-state index contributed by atoms with van der Waals surface area (Å²) in [5.74, 6) is 1.67. The van der Waals surface area contributed by atoms with Crippen LogP contribution in [0.15, 0.2) is 23.6 Å². The Morgan fingerprint density at radius 1 is 1.31 bits per heavy atom. The molecule has 1 aromatic rings. The molecule has 1 aliphatic rings. The quantitative estimate of drug-likeness (QED) is 0.721. The van der Waals surface area contributed by atoms with E-state index >= 15 is 0 Å². The van der Waals surface area contributed by atoms with Gasteiger partial charge in [-0.2, -0.15) is 0 Å². The molecular weight excluding hydrogens is 184 g/mol. The molecule has 0 saturated carbocycles. The van der Waals surface area contributed by atoms with Crippen molar-refractivity contribution in [1.82, 2.24) is 0 Å². The summed E-state index contributed by atoms with van der Waals surface area (Å²) in [6.07, 6.45) is 4.08. The van der Waals surface area contributed by atoms with Crippen LogP contribution >= 0.6 is 11.8 Å². The van der Waals surface area contributed by atoms with Gasteiger partial charge in [-0.15, -0.1) is 11.8 Å². The fraction of sp³-hybridized carbons (Fsp3) is 0.200. The van der Waals surface area contributed by atoms with Crippen LogP contribution in [-0.2, 0) is 0 Å². The number of hydrogen-bond acceptors (Lipinski definition) is 3. The molecule has 0 fully saturated rings. The summed E-state index contributed by atoms with van der Waals surface area (Å²) in [6.45, 7) is 0.338. The molecule has 3 heteroatoms. The first-order valence-corrected chi connectivity index (χ1v) is 5.28. The van der Waals surface area contributed by atoms with Crippen molar-refractivity contribution >= 4 is 17.8 Å². The maximum Gasteiger partial charge on any atom is 0.231 e. The first-order valence-electron chi connectivity index (χ1n) is 3.99. The molecule has 0 N–H and O–H groups in total. The average molecular weight is 194 g/mol. The predicted molar refractivity (Wildman–Crippen MR) is 55.1 cm³/mol. The molecule has 1 aliphatic heterocycles. The SMILES string of the molecule is CSC=Cc1ccc2c(c1)OCO2. The molecule has 0 radical (unpaired) electrons. The van der Waals surface area contributed by atoms with E-state index < -0.39 is 0 Å². The molecule has 13 heavy (non-hydrogen) atoms. The molecule has 0 aliphatic carbocycles. The van der Waals surface area contributed by atoms with Gasteiger partial charge in [0.2, 0.25) is 6.79 Å². The summed E-state index contributed by atoms with van der Waals surface area (Å²) in [6, 6.07) is 5.93. The number of rotatable bonds is 2. The van der Waals surface area contributed by atoms with Gasteiger partial charge >= 0.3 is 0 Å². The Morgan fingerprint density at radius 2 is 2.15 bits per heavy atom. The highest BCUT2D eigenvalue weighted by molar-refractivity contribution is 8.01. The van der Waals surface area contributed by atoms with Gasteiger partial charge in [-0.1, -0.05) is 6.07 Å². The zero-order chi connectivity index (χ0) is 9.10. The molecule has 0 saturated heterocycles. The minimum absolute atomic E-state index is 0.338. The second-order valence-corrected chi connectivity index (χ2v) is 3.39. The smallest absolute Gasteiger partial charge is 0.231 e. The van der Waals surface area contributed by atoms with Crippen molar-refractivity contribution in [1.29, 1.82) is 0 Å². The highest BCUT2D eigenvalue weighted by Crippen LogP contribution is 2.32. The van der Waals surface area contributed by atoms with Gasteiger partial charge in [0, 0.05) is 0 Å². The summed E-state index contributed by atoms with van der Waals surface area (Å²) in [4.78, 5) is 0. The molecule has 0 amide bonds. The van der Waals surface area contributed by atoms with Crippen LogP contribution in [0.1, 0.15) is 5.56 Å². The van der Waals surface area contributed by atoms with E-state index in [-0.39, 0.29) is 0 Å². The molecule has 1 heterocycles. The molecule has 0 unspecified atom stereocenters. The molecule has 2 nitrogen and oxygen atoms in total.